The number of alkyl halides is 6. The Morgan fingerprint density at radius 1 is 0.919 bits per heavy atom. The maximum absolute atomic E-state index is 13.1. The van der Waals surface area contributed by atoms with Crippen LogP contribution in [0.25, 0.3) is 10.4 Å². The number of rotatable bonds is 9. The minimum atomic E-state index is -4.88. The summed E-state index contributed by atoms with van der Waals surface area (Å²) in [6, 6.07) is 11.6. The molecular formula is C21H15F6NO7S2. The van der Waals surface area contributed by atoms with Crippen LogP contribution in [0.1, 0.15) is 0 Å². The summed E-state index contributed by atoms with van der Waals surface area (Å²) >= 11 is 0.749. The lowest BCUT2D eigenvalue weighted by Gasteiger charge is -2.16. The van der Waals surface area contributed by atoms with Crippen molar-refractivity contribution in [2.45, 2.75) is 17.2 Å². The van der Waals surface area contributed by atoms with Crippen molar-refractivity contribution in [3.8, 4) is 27.0 Å². The van der Waals surface area contributed by atoms with E-state index in [2.05, 4.69) is 14.2 Å². The van der Waals surface area contributed by atoms with Crippen LogP contribution in [0.5, 0.6) is 16.6 Å². The van der Waals surface area contributed by atoms with E-state index in [4.69, 9.17) is 5.11 Å². The van der Waals surface area contributed by atoms with E-state index in [9.17, 15) is 39.6 Å². The summed E-state index contributed by atoms with van der Waals surface area (Å²) in [4.78, 5) is 10.5. The maximum Gasteiger partial charge on any atom is 0.512 e. The molecule has 8 nitrogen and oxygen atoms in total. The van der Waals surface area contributed by atoms with Gasteiger partial charge in [-0.05, 0) is 23.8 Å². The van der Waals surface area contributed by atoms with Crippen molar-refractivity contribution in [3.05, 3.63) is 54.6 Å². The van der Waals surface area contributed by atoms with E-state index in [1.165, 1.54) is 6.07 Å². The van der Waals surface area contributed by atoms with E-state index in [1.807, 2.05) is 4.72 Å². The highest BCUT2D eigenvalue weighted by Crippen LogP contribution is 2.42. The van der Waals surface area contributed by atoms with E-state index >= 15 is 0 Å². The minimum Gasteiger partial charge on any atom is -0.484 e. The highest BCUT2D eigenvalue weighted by Gasteiger charge is 2.32. The van der Waals surface area contributed by atoms with Gasteiger partial charge in [-0.2, -0.15) is 26.3 Å². The Balaban J connectivity index is 2.02. The third-order valence-electron chi connectivity index (χ3n) is 4.18. The molecule has 0 saturated carbocycles. The van der Waals surface area contributed by atoms with Gasteiger partial charge >= 0.3 is 18.5 Å². The summed E-state index contributed by atoms with van der Waals surface area (Å²) in [6.07, 6.45) is -11.4. The molecule has 3 aromatic rings. The van der Waals surface area contributed by atoms with Gasteiger partial charge in [0.2, 0.25) is 5.06 Å². The van der Waals surface area contributed by atoms with Gasteiger partial charge in [0.25, 0.3) is 10.0 Å². The van der Waals surface area contributed by atoms with Gasteiger partial charge in [-0.15, -0.1) is 0 Å². The van der Waals surface area contributed by atoms with Crippen LogP contribution in [-0.2, 0) is 10.0 Å². The summed E-state index contributed by atoms with van der Waals surface area (Å²) in [5.41, 5.74) is 0.166. The van der Waals surface area contributed by atoms with Crippen LogP contribution < -0.4 is 18.9 Å². The van der Waals surface area contributed by atoms with E-state index in [-0.39, 0.29) is 0 Å². The highest BCUT2D eigenvalue weighted by molar-refractivity contribution is 7.92. The van der Waals surface area contributed by atoms with Crippen molar-refractivity contribution in [1.82, 2.24) is 0 Å². The Bertz CT molecular complexity index is 1360. The molecular weight excluding hydrogens is 556 g/mol. The van der Waals surface area contributed by atoms with Gasteiger partial charge in [-0.3, -0.25) is 4.72 Å². The number of nitrogens with one attached hydrogen (secondary N) is 1. The fourth-order valence-corrected chi connectivity index (χ4v) is 5.02. The number of sulfonamides is 1. The molecule has 16 heteroatoms. The summed E-state index contributed by atoms with van der Waals surface area (Å²) in [6.45, 7) is -3.70. The fourth-order valence-electron chi connectivity index (χ4n) is 2.78. The van der Waals surface area contributed by atoms with Crippen LogP contribution in [0.3, 0.4) is 0 Å². The number of thiophene rings is 1. The predicted octanol–water partition coefficient (Wildman–Crippen LogP) is 6.15. The topological polar surface area (TPSA) is 111 Å². The lowest BCUT2D eigenvalue weighted by Crippen LogP contribution is -2.22. The Kier molecular flexibility index (Phi) is 8.12. The normalized spacial score (nSPS) is 12.2. The smallest absolute Gasteiger partial charge is 0.484 e. The van der Waals surface area contributed by atoms with Crippen molar-refractivity contribution >= 4 is 33.2 Å². The van der Waals surface area contributed by atoms with Gasteiger partial charge in [0.15, 0.2) is 13.2 Å². The van der Waals surface area contributed by atoms with Crippen molar-refractivity contribution in [2.75, 3.05) is 17.9 Å². The standard InChI is InChI=1S/C21H15F6NO7S2/c22-20(23,24)10-33-13-6-7-15(34-11-21(25,26)27)17(8-13)37(31,32)28-14-9-16(12-4-2-1-3-5-12)36-18(14)35-19(29)30/h1-9,28H,10-11H2,(H,29,30). The Labute approximate surface area is 209 Å². The van der Waals surface area contributed by atoms with Crippen molar-refractivity contribution in [1.29, 1.82) is 0 Å². The fraction of sp³-hybridized carbons (Fsp3) is 0.190. The third kappa shape index (κ3) is 8.18. The first-order valence-electron chi connectivity index (χ1n) is 9.79. The molecule has 0 aliphatic carbocycles. The predicted molar refractivity (Wildman–Crippen MR) is 119 cm³/mol. The van der Waals surface area contributed by atoms with Gasteiger partial charge in [0, 0.05) is 10.9 Å². The molecule has 0 aliphatic rings. The summed E-state index contributed by atoms with van der Waals surface area (Å²) < 4.78 is 118. The highest BCUT2D eigenvalue weighted by atomic mass is 32.2. The molecule has 0 amide bonds. The number of hydrogen-bond donors (Lipinski definition) is 2. The first-order chi connectivity index (χ1) is 17.1. The largest absolute Gasteiger partial charge is 0.512 e. The Hall–Kier alpha value is -3.66. The Morgan fingerprint density at radius 2 is 1.54 bits per heavy atom. The molecule has 0 radical (unpaired) electrons. The van der Waals surface area contributed by atoms with Gasteiger partial charge in [-0.1, -0.05) is 41.7 Å². The van der Waals surface area contributed by atoms with Gasteiger partial charge in [0.05, 0.1) is 0 Å². The van der Waals surface area contributed by atoms with Crippen LogP contribution in [-0.4, -0.2) is 45.2 Å². The molecule has 0 spiro atoms. The number of anilines is 1. The number of benzene rings is 2. The lowest BCUT2D eigenvalue weighted by molar-refractivity contribution is -0.154. The molecule has 1 aromatic heterocycles. The molecule has 0 aliphatic heterocycles. The second-order valence-corrected chi connectivity index (χ2v) is 9.73. The van der Waals surface area contributed by atoms with Crippen LogP contribution in [0.2, 0.25) is 0 Å². The molecule has 0 bridgehead atoms. The number of halogens is 6. The second-order valence-electron chi connectivity index (χ2n) is 7.07. The number of carboxylic acid groups (broad SMARTS) is 1. The minimum absolute atomic E-state index is 0.366. The average Bonchev–Trinajstić information content (AvgIpc) is 3.17. The molecule has 200 valence electrons. The van der Waals surface area contributed by atoms with Gasteiger partial charge < -0.3 is 19.3 Å². The SMILES string of the molecule is O=C(O)Oc1sc(-c2ccccc2)cc1NS(=O)(=O)c1cc(OCC(F)(F)F)ccc1OCC(F)(F)F. The average molecular weight is 571 g/mol. The molecule has 0 saturated heterocycles. The van der Waals surface area contributed by atoms with Crippen LogP contribution >= 0.6 is 11.3 Å². The van der Waals surface area contributed by atoms with Crippen molar-refractivity contribution in [2.24, 2.45) is 0 Å². The zero-order valence-corrected chi connectivity index (χ0v) is 19.7. The second kappa shape index (κ2) is 10.8. The number of hydrogen-bond acceptors (Lipinski definition) is 7. The zero-order valence-electron chi connectivity index (χ0n) is 18.1. The summed E-state index contributed by atoms with van der Waals surface area (Å²) in [5, 5.41) is 8.59. The summed E-state index contributed by atoms with van der Waals surface area (Å²) in [5.74, 6) is -1.47. The lowest BCUT2D eigenvalue weighted by atomic mass is 10.2. The molecule has 0 fully saturated rings. The molecule has 0 atom stereocenters. The molecule has 2 aromatic carbocycles. The van der Waals surface area contributed by atoms with E-state index in [1.54, 1.807) is 30.3 Å². The molecule has 37 heavy (non-hydrogen) atoms. The number of ether oxygens (including phenoxy) is 3. The maximum atomic E-state index is 13.1. The third-order valence-corrected chi connectivity index (χ3v) is 6.63. The summed E-state index contributed by atoms with van der Waals surface area (Å²) in [7, 11) is -4.88. The van der Waals surface area contributed by atoms with Crippen molar-refractivity contribution in [3.63, 3.8) is 0 Å². The van der Waals surface area contributed by atoms with Gasteiger partial charge in [0.1, 0.15) is 22.1 Å². The monoisotopic (exact) mass is 571 g/mol. The van der Waals surface area contributed by atoms with Crippen LogP contribution in [0.4, 0.5) is 36.8 Å². The van der Waals surface area contributed by atoms with Crippen molar-refractivity contribution < 1.29 is 58.9 Å². The quantitative estimate of drug-likeness (QED) is 0.234. The first kappa shape index (κ1) is 27.9. The Morgan fingerprint density at radius 3 is 2.14 bits per heavy atom. The first-order valence-corrected chi connectivity index (χ1v) is 12.1. The van der Waals surface area contributed by atoms with Gasteiger partial charge in [-0.25, -0.2) is 13.2 Å². The van der Waals surface area contributed by atoms with E-state index < -0.39 is 68.9 Å². The molecule has 0 unspecified atom stereocenters. The molecule has 3 rings (SSSR count). The zero-order chi connectivity index (χ0) is 27.4. The molecule has 2 N–H and O–H groups in total. The van der Waals surface area contributed by atoms with Crippen LogP contribution in [0.15, 0.2) is 59.5 Å². The van der Waals surface area contributed by atoms with E-state index in [0.717, 1.165) is 17.4 Å². The van der Waals surface area contributed by atoms with E-state index in [0.29, 0.717) is 22.6 Å². The van der Waals surface area contributed by atoms with Crippen LogP contribution in [0, 0.1) is 0 Å². The number of carbonyl (C=O) groups is 1. The molecule has 1 heterocycles.